The Morgan fingerprint density at radius 3 is 2.29 bits per heavy atom. The summed E-state index contributed by atoms with van der Waals surface area (Å²) in [6.07, 6.45) is 0. The summed E-state index contributed by atoms with van der Waals surface area (Å²) in [4.78, 5) is 0.231. The Bertz CT molecular complexity index is 804. The van der Waals surface area contributed by atoms with Gasteiger partial charge >= 0.3 is 0 Å². The zero-order chi connectivity index (χ0) is 15.8. The van der Waals surface area contributed by atoms with Crippen LogP contribution in [0.15, 0.2) is 39.7 Å². The molecule has 0 radical (unpaired) electrons. The van der Waals surface area contributed by atoms with Gasteiger partial charge in [0.2, 0.25) is 0 Å². The molecule has 21 heavy (non-hydrogen) atoms. The summed E-state index contributed by atoms with van der Waals surface area (Å²) in [6.45, 7) is 5.68. The second-order valence-corrected chi connectivity index (χ2v) is 7.88. The average Bonchev–Trinajstić information content (AvgIpc) is 2.39. The normalized spacial score (nSPS) is 11.5. The number of sulfonamides is 1. The van der Waals surface area contributed by atoms with E-state index in [1.54, 1.807) is 30.3 Å². The first kappa shape index (κ1) is 16.3. The Hall–Kier alpha value is -1.04. The molecule has 0 heterocycles. The molecule has 0 aliphatic heterocycles. The highest BCUT2D eigenvalue weighted by Gasteiger charge is 2.17. The minimum Gasteiger partial charge on any atom is -0.278 e. The van der Waals surface area contributed by atoms with Crippen molar-refractivity contribution in [2.45, 2.75) is 25.7 Å². The van der Waals surface area contributed by atoms with E-state index in [9.17, 15) is 8.42 Å². The molecule has 2 aromatic carbocycles. The SMILES string of the molecule is Cc1ccc(S(=O)(=O)Nc2cc(Cl)c(C)cc2Br)cc1C. The maximum atomic E-state index is 12.4. The zero-order valence-electron chi connectivity index (χ0n) is 11.9. The molecule has 0 fully saturated rings. The van der Waals surface area contributed by atoms with Crippen molar-refractivity contribution in [2.24, 2.45) is 0 Å². The quantitative estimate of drug-likeness (QED) is 0.818. The van der Waals surface area contributed by atoms with Gasteiger partial charge in [0, 0.05) is 9.50 Å². The predicted octanol–water partition coefficient (Wildman–Crippen LogP) is 4.83. The molecule has 0 saturated heterocycles. The molecule has 0 bridgehead atoms. The van der Waals surface area contributed by atoms with Gasteiger partial charge in [-0.1, -0.05) is 17.7 Å². The molecular formula is C15H15BrClNO2S. The molecule has 0 amide bonds. The molecule has 0 spiro atoms. The first-order valence-corrected chi connectivity index (χ1v) is 8.92. The van der Waals surface area contributed by atoms with Crippen molar-refractivity contribution in [2.75, 3.05) is 4.72 Å². The van der Waals surface area contributed by atoms with Crippen LogP contribution in [0.3, 0.4) is 0 Å². The molecule has 0 aliphatic carbocycles. The Labute approximate surface area is 138 Å². The average molecular weight is 389 g/mol. The fourth-order valence-corrected chi connectivity index (χ4v) is 3.82. The Morgan fingerprint density at radius 1 is 1.00 bits per heavy atom. The third-order valence-electron chi connectivity index (χ3n) is 3.28. The predicted molar refractivity (Wildman–Crippen MR) is 90.6 cm³/mol. The van der Waals surface area contributed by atoms with Gasteiger partial charge in [0.15, 0.2) is 0 Å². The minimum atomic E-state index is -3.64. The van der Waals surface area contributed by atoms with Crippen molar-refractivity contribution in [3.05, 3.63) is 56.5 Å². The molecular weight excluding hydrogens is 374 g/mol. The van der Waals surface area contributed by atoms with Gasteiger partial charge in [-0.25, -0.2) is 8.42 Å². The zero-order valence-corrected chi connectivity index (χ0v) is 15.0. The lowest BCUT2D eigenvalue weighted by Crippen LogP contribution is -2.13. The van der Waals surface area contributed by atoms with Crippen LogP contribution in [0.1, 0.15) is 16.7 Å². The lowest BCUT2D eigenvalue weighted by molar-refractivity contribution is 0.601. The van der Waals surface area contributed by atoms with Crippen molar-refractivity contribution in [1.29, 1.82) is 0 Å². The van der Waals surface area contributed by atoms with Crippen LogP contribution in [0.2, 0.25) is 5.02 Å². The summed E-state index contributed by atoms with van der Waals surface area (Å²) in [5.74, 6) is 0. The number of nitrogens with one attached hydrogen (secondary N) is 1. The van der Waals surface area contributed by atoms with Crippen molar-refractivity contribution in [3.63, 3.8) is 0 Å². The summed E-state index contributed by atoms with van der Waals surface area (Å²) in [5, 5.41) is 0.510. The van der Waals surface area contributed by atoms with E-state index in [1.807, 2.05) is 20.8 Å². The summed E-state index contributed by atoms with van der Waals surface area (Å²) < 4.78 is 28.1. The van der Waals surface area contributed by atoms with Crippen molar-refractivity contribution >= 4 is 43.2 Å². The smallest absolute Gasteiger partial charge is 0.261 e. The van der Waals surface area contributed by atoms with Gasteiger partial charge in [-0.15, -0.1) is 0 Å². The van der Waals surface area contributed by atoms with Gasteiger partial charge in [-0.3, -0.25) is 4.72 Å². The van der Waals surface area contributed by atoms with Gasteiger partial charge in [-0.2, -0.15) is 0 Å². The fourth-order valence-electron chi connectivity index (χ4n) is 1.81. The summed E-state index contributed by atoms with van der Waals surface area (Å²) >= 11 is 9.40. The van der Waals surface area contributed by atoms with Crippen LogP contribution in [0.25, 0.3) is 0 Å². The monoisotopic (exact) mass is 387 g/mol. The first-order chi connectivity index (χ1) is 9.70. The van der Waals surface area contributed by atoms with Gasteiger partial charge < -0.3 is 0 Å². The van der Waals surface area contributed by atoms with Crippen LogP contribution in [0.5, 0.6) is 0 Å². The van der Waals surface area contributed by atoms with E-state index < -0.39 is 10.0 Å². The molecule has 0 aromatic heterocycles. The van der Waals surface area contributed by atoms with Gasteiger partial charge in [-0.05, 0) is 77.7 Å². The topological polar surface area (TPSA) is 46.2 Å². The van der Waals surface area contributed by atoms with Crippen LogP contribution in [-0.4, -0.2) is 8.42 Å². The summed E-state index contributed by atoms with van der Waals surface area (Å²) in [5.41, 5.74) is 3.27. The first-order valence-electron chi connectivity index (χ1n) is 6.26. The van der Waals surface area contributed by atoms with Gasteiger partial charge in [0.1, 0.15) is 0 Å². The maximum absolute atomic E-state index is 12.4. The van der Waals surface area contributed by atoms with E-state index in [-0.39, 0.29) is 4.90 Å². The molecule has 0 unspecified atom stereocenters. The molecule has 0 aliphatic rings. The molecule has 2 aromatic rings. The van der Waals surface area contributed by atoms with Crippen LogP contribution < -0.4 is 4.72 Å². The molecule has 6 heteroatoms. The number of hydrogen-bond donors (Lipinski definition) is 1. The Morgan fingerprint density at radius 2 is 1.67 bits per heavy atom. The summed E-state index contributed by atoms with van der Waals surface area (Å²) in [7, 11) is -3.64. The van der Waals surface area contributed by atoms with Crippen LogP contribution in [0.4, 0.5) is 5.69 Å². The number of halogens is 2. The molecule has 3 nitrogen and oxygen atoms in total. The van der Waals surface area contributed by atoms with Gasteiger partial charge in [0.25, 0.3) is 10.0 Å². The third-order valence-corrected chi connectivity index (χ3v) is 5.71. The van der Waals surface area contributed by atoms with Crippen molar-refractivity contribution < 1.29 is 8.42 Å². The molecule has 0 saturated carbocycles. The van der Waals surface area contributed by atoms with E-state index >= 15 is 0 Å². The maximum Gasteiger partial charge on any atom is 0.261 e. The minimum absolute atomic E-state index is 0.231. The Kier molecular flexibility index (Phi) is 4.66. The van der Waals surface area contributed by atoms with E-state index in [4.69, 9.17) is 11.6 Å². The second-order valence-electron chi connectivity index (χ2n) is 4.93. The molecule has 1 N–H and O–H groups in total. The van der Waals surface area contributed by atoms with Crippen LogP contribution >= 0.6 is 27.5 Å². The van der Waals surface area contributed by atoms with E-state index in [2.05, 4.69) is 20.7 Å². The Balaban J connectivity index is 2.42. The molecule has 112 valence electrons. The van der Waals surface area contributed by atoms with Crippen LogP contribution in [0, 0.1) is 20.8 Å². The molecule has 0 atom stereocenters. The van der Waals surface area contributed by atoms with E-state index in [1.165, 1.54) is 0 Å². The number of rotatable bonds is 3. The highest BCUT2D eigenvalue weighted by atomic mass is 79.9. The van der Waals surface area contributed by atoms with Gasteiger partial charge in [0.05, 0.1) is 10.6 Å². The van der Waals surface area contributed by atoms with E-state index in [0.717, 1.165) is 16.7 Å². The number of aryl methyl sites for hydroxylation is 3. The van der Waals surface area contributed by atoms with E-state index in [0.29, 0.717) is 15.2 Å². The van der Waals surface area contributed by atoms with Crippen molar-refractivity contribution in [1.82, 2.24) is 0 Å². The van der Waals surface area contributed by atoms with Crippen LogP contribution in [-0.2, 0) is 10.0 Å². The second kappa shape index (κ2) is 5.99. The fraction of sp³-hybridized carbons (Fsp3) is 0.200. The molecule has 2 rings (SSSR count). The number of benzene rings is 2. The highest BCUT2D eigenvalue weighted by molar-refractivity contribution is 9.10. The summed E-state index contributed by atoms with van der Waals surface area (Å²) in [6, 6.07) is 8.41. The lowest BCUT2D eigenvalue weighted by Gasteiger charge is -2.12. The lowest BCUT2D eigenvalue weighted by atomic mass is 10.1. The van der Waals surface area contributed by atoms with Crippen molar-refractivity contribution in [3.8, 4) is 0 Å². The number of anilines is 1. The highest BCUT2D eigenvalue weighted by Crippen LogP contribution is 2.31. The largest absolute Gasteiger partial charge is 0.278 e. The standard InChI is InChI=1S/C15H15BrClNO2S/c1-9-4-5-12(6-10(9)2)21(19,20)18-15-8-14(17)11(3)7-13(15)16/h4-8,18H,1-3H3. The third kappa shape index (κ3) is 3.59. The number of hydrogen-bond acceptors (Lipinski definition) is 2.